The number of carbonyl (C=O) groups is 4. The van der Waals surface area contributed by atoms with Crippen LogP contribution in [0.1, 0.15) is 108 Å². The number of unbranched alkanes of at least 4 members (excludes halogenated alkanes) is 3. The number of esters is 2. The molecule has 3 aromatic carbocycles. The van der Waals surface area contributed by atoms with E-state index < -0.39 is 29.1 Å². The minimum absolute atomic E-state index is 0. The SMILES string of the molecule is CCCCCOCCOCCOCCCCC(=O)COCC(=O)CC(CCC(=O)OC(c1ccccc1)(c1ccc(C)cc1)c1ccccc1Cl)C(=O)OC(C)(C)C.P. The fourth-order valence-corrected chi connectivity index (χ4v) is 6.54. The Hall–Kier alpha value is -3.50. The lowest BCUT2D eigenvalue weighted by molar-refractivity contribution is -0.162. The minimum atomic E-state index is -1.41. The zero-order chi connectivity index (χ0) is 42.2. The van der Waals surface area contributed by atoms with Crippen molar-refractivity contribution >= 4 is 45.0 Å². The highest BCUT2D eigenvalue weighted by Gasteiger charge is 2.42. The number of carbonyl (C=O) groups excluding carboxylic acids is 4. The summed E-state index contributed by atoms with van der Waals surface area (Å²) >= 11 is 6.81. The lowest BCUT2D eigenvalue weighted by atomic mass is 9.79. The topological polar surface area (TPSA) is 124 Å². The van der Waals surface area contributed by atoms with Crippen LogP contribution in [0.4, 0.5) is 0 Å². The number of hydrogen-bond acceptors (Lipinski definition) is 10. The van der Waals surface area contributed by atoms with Crippen molar-refractivity contribution in [1.29, 1.82) is 0 Å². The van der Waals surface area contributed by atoms with E-state index in [4.69, 9.17) is 40.0 Å². The van der Waals surface area contributed by atoms with Gasteiger partial charge in [-0.3, -0.25) is 19.2 Å². The normalized spacial score (nSPS) is 12.8. The summed E-state index contributed by atoms with van der Waals surface area (Å²) in [5, 5.41) is 0.413. The third-order valence-electron chi connectivity index (χ3n) is 9.23. The quantitative estimate of drug-likeness (QED) is 0.0289. The Morgan fingerprint density at radius 2 is 1.19 bits per heavy atom. The number of ether oxygens (including phenoxy) is 6. The van der Waals surface area contributed by atoms with Gasteiger partial charge >= 0.3 is 11.9 Å². The maximum atomic E-state index is 14.0. The maximum Gasteiger partial charge on any atom is 0.309 e. The van der Waals surface area contributed by atoms with Crippen LogP contribution in [0.2, 0.25) is 5.02 Å². The van der Waals surface area contributed by atoms with Crippen molar-refractivity contribution < 1.29 is 47.6 Å². The molecule has 0 amide bonds. The molecule has 3 rings (SSSR count). The predicted molar refractivity (Wildman–Crippen MR) is 236 cm³/mol. The van der Waals surface area contributed by atoms with Gasteiger partial charge in [-0.1, -0.05) is 110 Å². The number of aryl methyl sites for hydroxylation is 1. The molecule has 12 heteroatoms. The first kappa shape index (κ1) is 51.6. The van der Waals surface area contributed by atoms with E-state index in [0.717, 1.165) is 18.6 Å². The van der Waals surface area contributed by atoms with Crippen molar-refractivity contribution in [2.75, 3.05) is 52.9 Å². The van der Waals surface area contributed by atoms with E-state index in [1.807, 2.05) is 79.7 Å². The first-order valence-electron chi connectivity index (χ1n) is 20.5. The maximum absolute atomic E-state index is 14.0. The lowest BCUT2D eigenvalue weighted by Gasteiger charge is -2.36. The van der Waals surface area contributed by atoms with Gasteiger partial charge in [0.2, 0.25) is 0 Å². The second kappa shape index (κ2) is 28.1. The van der Waals surface area contributed by atoms with Crippen molar-refractivity contribution in [2.45, 2.75) is 104 Å². The molecule has 59 heavy (non-hydrogen) atoms. The second-order valence-corrected chi connectivity index (χ2v) is 15.8. The highest BCUT2D eigenvalue weighted by molar-refractivity contribution is 6.92. The molecule has 10 nitrogen and oxygen atoms in total. The molecular formula is C47H66ClO10P. The summed E-state index contributed by atoms with van der Waals surface area (Å²) in [4.78, 5) is 52.8. The Labute approximate surface area is 360 Å². The fourth-order valence-electron chi connectivity index (χ4n) is 6.27. The molecule has 0 aromatic heterocycles. The Bertz CT molecular complexity index is 1680. The van der Waals surface area contributed by atoms with E-state index in [9.17, 15) is 19.2 Å². The van der Waals surface area contributed by atoms with Crippen LogP contribution in [0.25, 0.3) is 0 Å². The number of ketones is 2. The molecule has 326 valence electrons. The molecule has 0 bridgehead atoms. The third kappa shape index (κ3) is 19.2. The van der Waals surface area contributed by atoms with Crippen molar-refractivity contribution in [3.63, 3.8) is 0 Å². The Morgan fingerprint density at radius 1 is 0.627 bits per heavy atom. The minimum Gasteiger partial charge on any atom is -0.460 e. The average molecular weight is 857 g/mol. The number of rotatable bonds is 29. The summed E-state index contributed by atoms with van der Waals surface area (Å²) in [6, 6.07) is 24.3. The predicted octanol–water partition coefficient (Wildman–Crippen LogP) is 9.23. The zero-order valence-electron chi connectivity index (χ0n) is 35.8. The molecule has 0 spiro atoms. The Morgan fingerprint density at radius 3 is 1.80 bits per heavy atom. The second-order valence-electron chi connectivity index (χ2n) is 15.4. The van der Waals surface area contributed by atoms with Crippen LogP contribution in [0.5, 0.6) is 0 Å². The smallest absolute Gasteiger partial charge is 0.309 e. The van der Waals surface area contributed by atoms with Gasteiger partial charge in [0.15, 0.2) is 17.2 Å². The summed E-state index contributed by atoms with van der Waals surface area (Å²) in [7, 11) is 0. The third-order valence-corrected chi connectivity index (χ3v) is 9.56. The molecule has 3 aromatic rings. The summed E-state index contributed by atoms with van der Waals surface area (Å²) in [5.41, 5.74) is 0.765. The molecule has 0 radical (unpaired) electrons. The number of hydrogen-bond donors (Lipinski definition) is 0. The molecule has 0 aliphatic carbocycles. The molecule has 0 heterocycles. The summed E-state index contributed by atoms with van der Waals surface area (Å²) < 4.78 is 34.2. The van der Waals surface area contributed by atoms with Crippen molar-refractivity contribution in [2.24, 2.45) is 5.92 Å². The van der Waals surface area contributed by atoms with Gasteiger partial charge in [-0.25, -0.2) is 0 Å². The van der Waals surface area contributed by atoms with E-state index in [0.29, 0.717) is 74.0 Å². The summed E-state index contributed by atoms with van der Waals surface area (Å²) in [5.74, 6) is -2.66. The molecule has 0 aliphatic heterocycles. The molecule has 3 unspecified atom stereocenters. The van der Waals surface area contributed by atoms with Gasteiger partial charge in [-0.15, -0.1) is 0 Å². The van der Waals surface area contributed by atoms with Gasteiger partial charge in [0, 0.05) is 54.2 Å². The van der Waals surface area contributed by atoms with Crippen LogP contribution in [-0.4, -0.2) is 82.0 Å². The molecular weight excluding hydrogens is 791 g/mol. The van der Waals surface area contributed by atoms with Gasteiger partial charge in [0.25, 0.3) is 0 Å². The number of benzene rings is 3. The van der Waals surface area contributed by atoms with Gasteiger partial charge in [-0.05, 0) is 59.4 Å². The Kier molecular flexibility index (Phi) is 24.6. The van der Waals surface area contributed by atoms with Crippen LogP contribution in [0.15, 0.2) is 78.9 Å². The van der Waals surface area contributed by atoms with Gasteiger partial charge < -0.3 is 28.4 Å². The van der Waals surface area contributed by atoms with Crippen LogP contribution in [-0.2, 0) is 53.2 Å². The van der Waals surface area contributed by atoms with Crippen molar-refractivity contribution in [3.05, 3.63) is 106 Å². The van der Waals surface area contributed by atoms with Gasteiger partial charge in [0.1, 0.15) is 18.8 Å². The number of Topliss-reactive ketones (excluding diaryl/α,β-unsaturated/α-hetero) is 2. The Balaban J connectivity index is 0.0000120. The highest BCUT2D eigenvalue weighted by Crippen LogP contribution is 2.44. The monoisotopic (exact) mass is 856 g/mol. The van der Waals surface area contributed by atoms with Crippen LogP contribution >= 0.6 is 21.5 Å². The standard InChI is InChI=1S/C47H63ClO10.H3P/c1-6-7-14-27-53-29-31-55-32-30-54-28-15-13-18-40(49)34-56-35-41(50)33-37(45(52)58-46(3,4)5)23-26-44(51)57-47(38-16-9-8-10-17-38,39-24-21-36(2)22-25-39)42-19-11-12-20-43(42)48;/h8-12,16-17,19-22,24-25,37H,6-7,13-15,18,23,26-35H2,1-5H3;1H3. The largest absolute Gasteiger partial charge is 0.460 e. The van der Waals surface area contributed by atoms with E-state index >= 15 is 0 Å². The molecule has 0 aliphatic rings. The fraction of sp³-hybridized carbons (Fsp3) is 0.532. The number of halogens is 1. The lowest BCUT2D eigenvalue weighted by Crippen LogP contribution is -2.36. The molecule has 0 fully saturated rings. The van der Waals surface area contributed by atoms with Crippen molar-refractivity contribution in [1.82, 2.24) is 0 Å². The van der Waals surface area contributed by atoms with Gasteiger partial charge in [-0.2, -0.15) is 9.90 Å². The zero-order valence-corrected chi connectivity index (χ0v) is 37.9. The summed E-state index contributed by atoms with van der Waals surface area (Å²) in [6.07, 6.45) is 4.63. The first-order chi connectivity index (χ1) is 27.9. The molecule has 0 N–H and O–H groups in total. The first-order valence-corrected chi connectivity index (χ1v) is 20.9. The van der Waals surface area contributed by atoms with E-state index in [-0.39, 0.29) is 53.9 Å². The van der Waals surface area contributed by atoms with Crippen LogP contribution < -0.4 is 0 Å². The average Bonchev–Trinajstić information content (AvgIpc) is 3.19. The molecule has 3 atom stereocenters. The highest BCUT2D eigenvalue weighted by atomic mass is 35.5. The summed E-state index contributed by atoms with van der Waals surface area (Å²) in [6.45, 7) is 12.2. The van der Waals surface area contributed by atoms with E-state index in [1.54, 1.807) is 26.8 Å². The van der Waals surface area contributed by atoms with Crippen molar-refractivity contribution in [3.8, 4) is 0 Å². The van der Waals surface area contributed by atoms with Crippen LogP contribution in [0.3, 0.4) is 0 Å². The van der Waals surface area contributed by atoms with Gasteiger partial charge in [0.05, 0.1) is 32.3 Å². The van der Waals surface area contributed by atoms with E-state index in [1.165, 1.54) is 12.8 Å². The molecule has 0 saturated carbocycles. The van der Waals surface area contributed by atoms with Crippen LogP contribution in [0, 0.1) is 12.8 Å². The molecule has 0 saturated heterocycles. The van der Waals surface area contributed by atoms with E-state index in [2.05, 4.69) is 6.92 Å².